The van der Waals surface area contributed by atoms with Crippen molar-refractivity contribution in [3.8, 4) is 5.69 Å². The number of nitrogens with zero attached hydrogens (tertiary/aromatic N) is 2. The van der Waals surface area contributed by atoms with Crippen LogP contribution in [0.1, 0.15) is 16.8 Å². The van der Waals surface area contributed by atoms with Crippen molar-refractivity contribution in [2.45, 2.75) is 18.9 Å². The molecular weight excluding hydrogens is 297 g/mol. The van der Waals surface area contributed by atoms with Crippen LogP contribution in [0.4, 0.5) is 13.2 Å². The molecule has 0 unspecified atom stereocenters. The van der Waals surface area contributed by atoms with Gasteiger partial charge in [-0.15, -0.1) is 0 Å². The van der Waals surface area contributed by atoms with E-state index < -0.39 is 11.7 Å². The van der Waals surface area contributed by atoms with E-state index in [1.807, 2.05) is 0 Å². The second-order valence-electron chi connectivity index (χ2n) is 3.99. The van der Waals surface area contributed by atoms with Gasteiger partial charge in [-0.3, -0.25) is 0 Å². The Morgan fingerprint density at radius 2 is 2.05 bits per heavy atom. The fourth-order valence-electron chi connectivity index (χ4n) is 1.72. The Kier molecular flexibility index (Phi) is 3.82. The van der Waals surface area contributed by atoms with Gasteiger partial charge < -0.3 is 0 Å². The van der Waals surface area contributed by atoms with Gasteiger partial charge in [-0.1, -0.05) is 11.6 Å². The van der Waals surface area contributed by atoms with Crippen molar-refractivity contribution in [2.24, 2.45) is 0 Å². The molecule has 0 spiro atoms. The second-order valence-corrected chi connectivity index (χ2v) is 4.71. The fraction of sp³-hybridized carbons (Fsp3) is 0.250. The van der Waals surface area contributed by atoms with E-state index in [-0.39, 0.29) is 5.02 Å². The lowest BCUT2D eigenvalue weighted by molar-refractivity contribution is -0.137. The minimum absolute atomic E-state index is 0.322. The molecule has 0 saturated carbocycles. The number of aromatic nitrogens is 2. The van der Waals surface area contributed by atoms with Crippen LogP contribution in [-0.2, 0) is 11.9 Å². The molecule has 0 radical (unpaired) electrons. The third-order valence-electron chi connectivity index (χ3n) is 2.78. The Labute approximate surface area is 118 Å². The Balaban J connectivity index is 2.55. The van der Waals surface area contributed by atoms with E-state index in [2.05, 4.69) is 17.7 Å². The molecule has 0 aliphatic heterocycles. The van der Waals surface area contributed by atoms with Crippen LogP contribution in [0, 0.1) is 6.92 Å². The molecular formula is C12H10ClF3N2S. The first-order valence-electron chi connectivity index (χ1n) is 5.36. The Morgan fingerprint density at radius 3 is 2.58 bits per heavy atom. The summed E-state index contributed by atoms with van der Waals surface area (Å²) in [4.78, 5) is 0. The molecule has 0 atom stereocenters. The van der Waals surface area contributed by atoms with Gasteiger partial charge in [-0.05, 0) is 25.1 Å². The summed E-state index contributed by atoms with van der Waals surface area (Å²) in [5.41, 5.74) is 1.08. The third kappa shape index (κ3) is 2.74. The molecule has 1 aromatic carbocycles. The van der Waals surface area contributed by atoms with Gasteiger partial charge in [0.2, 0.25) is 0 Å². The zero-order valence-electron chi connectivity index (χ0n) is 9.87. The molecule has 1 heterocycles. The minimum atomic E-state index is -4.49. The highest BCUT2D eigenvalue weighted by Gasteiger charge is 2.33. The van der Waals surface area contributed by atoms with Crippen LogP contribution in [0.15, 0.2) is 24.4 Å². The van der Waals surface area contributed by atoms with Crippen molar-refractivity contribution < 1.29 is 13.2 Å². The van der Waals surface area contributed by atoms with Gasteiger partial charge in [0.25, 0.3) is 0 Å². The van der Waals surface area contributed by atoms with Crippen LogP contribution < -0.4 is 0 Å². The molecule has 2 nitrogen and oxygen atoms in total. The normalized spacial score (nSPS) is 11.9. The topological polar surface area (TPSA) is 17.8 Å². The van der Waals surface area contributed by atoms with Crippen LogP contribution in [-0.4, -0.2) is 9.78 Å². The quantitative estimate of drug-likeness (QED) is 0.820. The van der Waals surface area contributed by atoms with Crippen molar-refractivity contribution >= 4 is 24.2 Å². The van der Waals surface area contributed by atoms with Gasteiger partial charge in [0.1, 0.15) is 0 Å². The van der Waals surface area contributed by atoms with Crippen LogP contribution in [0.2, 0.25) is 5.02 Å². The zero-order valence-corrected chi connectivity index (χ0v) is 11.5. The standard InChI is InChI=1S/C12H10ClF3N2S/c1-7-8(6-19)5-17-18(7)9-2-3-11(13)10(4-9)12(14,15)16/h2-5,19H,6H2,1H3. The maximum absolute atomic E-state index is 12.8. The van der Waals surface area contributed by atoms with Crippen molar-refractivity contribution in [2.75, 3.05) is 0 Å². The summed E-state index contributed by atoms with van der Waals surface area (Å²) in [6.45, 7) is 1.78. The number of halogens is 4. The lowest BCUT2D eigenvalue weighted by atomic mass is 10.2. The first-order valence-corrected chi connectivity index (χ1v) is 6.37. The second kappa shape index (κ2) is 5.09. The van der Waals surface area contributed by atoms with E-state index >= 15 is 0 Å². The molecule has 2 rings (SSSR count). The Bertz CT molecular complexity index is 608. The smallest absolute Gasteiger partial charge is 0.238 e. The first kappa shape index (κ1) is 14.3. The first-order chi connectivity index (χ1) is 8.84. The molecule has 0 fully saturated rings. The predicted octanol–water partition coefficient (Wildman–Crippen LogP) is 4.28. The molecule has 0 saturated heterocycles. The molecule has 0 bridgehead atoms. The summed E-state index contributed by atoms with van der Waals surface area (Å²) in [6, 6.07) is 3.71. The molecule has 0 aliphatic carbocycles. The largest absolute Gasteiger partial charge is 0.417 e. The number of alkyl halides is 3. The van der Waals surface area contributed by atoms with Crippen molar-refractivity contribution in [1.82, 2.24) is 9.78 Å². The summed E-state index contributed by atoms with van der Waals surface area (Å²) in [5.74, 6) is 0.478. The fourth-order valence-corrected chi connectivity index (χ4v) is 2.26. The number of benzene rings is 1. The predicted molar refractivity (Wildman–Crippen MR) is 71.0 cm³/mol. The molecule has 0 aliphatic rings. The molecule has 19 heavy (non-hydrogen) atoms. The van der Waals surface area contributed by atoms with E-state index in [4.69, 9.17) is 11.6 Å². The number of rotatable bonds is 2. The lowest BCUT2D eigenvalue weighted by Gasteiger charge is -2.12. The average Bonchev–Trinajstić information content (AvgIpc) is 2.70. The molecule has 2 aromatic rings. The van der Waals surface area contributed by atoms with Gasteiger partial charge in [-0.2, -0.15) is 30.9 Å². The molecule has 1 aromatic heterocycles. The van der Waals surface area contributed by atoms with Crippen LogP contribution >= 0.6 is 24.2 Å². The van der Waals surface area contributed by atoms with Gasteiger partial charge in [0.05, 0.1) is 22.5 Å². The maximum atomic E-state index is 12.8. The van der Waals surface area contributed by atoms with Crippen LogP contribution in [0.5, 0.6) is 0 Å². The highest BCUT2D eigenvalue weighted by molar-refractivity contribution is 7.79. The molecule has 0 amide bonds. The van der Waals surface area contributed by atoms with E-state index in [1.54, 1.807) is 13.1 Å². The third-order valence-corrected chi connectivity index (χ3v) is 3.45. The highest BCUT2D eigenvalue weighted by atomic mass is 35.5. The van der Waals surface area contributed by atoms with E-state index in [0.717, 1.165) is 17.3 Å². The van der Waals surface area contributed by atoms with E-state index in [0.29, 0.717) is 11.4 Å². The number of hydrogen-bond acceptors (Lipinski definition) is 2. The van der Waals surface area contributed by atoms with E-state index in [9.17, 15) is 13.2 Å². The SMILES string of the molecule is Cc1c(CS)cnn1-c1ccc(Cl)c(C(F)(F)F)c1. The van der Waals surface area contributed by atoms with Gasteiger partial charge in [-0.25, -0.2) is 4.68 Å². The van der Waals surface area contributed by atoms with Gasteiger partial charge >= 0.3 is 6.18 Å². The average molecular weight is 307 g/mol. The number of hydrogen-bond donors (Lipinski definition) is 1. The van der Waals surface area contributed by atoms with Crippen molar-refractivity contribution in [1.29, 1.82) is 0 Å². The summed E-state index contributed by atoms with van der Waals surface area (Å²) < 4.78 is 39.8. The Hall–Kier alpha value is -1.14. The summed E-state index contributed by atoms with van der Waals surface area (Å²) in [5, 5.41) is 3.74. The number of thiol groups is 1. The Morgan fingerprint density at radius 1 is 1.37 bits per heavy atom. The summed E-state index contributed by atoms with van der Waals surface area (Å²) in [7, 11) is 0. The lowest BCUT2D eigenvalue weighted by Crippen LogP contribution is -2.08. The van der Waals surface area contributed by atoms with Crippen molar-refractivity contribution in [3.63, 3.8) is 0 Å². The molecule has 7 heteroatoms. The van der Waals surface area contributed by atoms with Crippen molar-refractivity contribution in [3.05, 3.63) is 46.2 Å². The van der Waals surface area contributed by atoms with E-state index in [1.165, 1.54) is 16.8 Å². The van der Waals surface area contributed by atoms with Crippen LogP contribution in [0.25, 0.3) is 5.69 Å². The zero-order chi connectivity index (χ0) is 14.2. The molecule has 102 valence electrons. The summed E-state index contributed by atoms with van der Waals surface area (Å²) >= 11 is 9.71. The van der Waals surface area contributed by atoms with Crippen LogP contribution in [0.3, 0.4) is 0 Å². The maximum Gasteiger partial charge on any atom is 0.417 e. The molecule has 0 N–H and O–H groups in total. The monoisotopic (exact) mass is 306 g/mol. The van der Waals surface area contributed by atoms with Gasteiger partial charge in [0.15, 0.2) is 0 Å². The van der Waals surface area contributed by atoms with Gasteiger partial charge in [0, 0.05) is 17.0 Å². The highest BCUT2D eigenvalue weighted by Crippen LogP contribution is 2.35. The summed E-state index contributed by atoms with van der Waals surface area (Å²) in [6.07, 6.45) is -2.90. The minimum Gasteiger partial charge on any atom is -0.238 e.